The van der Waals surface area contributed by atoms with Crippen molar-refractivity contribution in [3.8, 4) is 0 Å². The zero-order chi connectivity index (χ0) is 18.1. The number of nitrogens with zero attached hydrogens (tertiary/aromatic N) is 2. The average Bonchev–Trinajstić information content (AvgIpc) is 2.68. The third-order valence-electron chi connectivity index (χ3n) is 5.80. The second-order valence-electron chi connectivity index (χ2n) is 7.56. The van der Waals surface area contributed by atoms with E-state index in [1.165, 1.54) is 71.6 Å². The van der Waals surface area contributed by atoms with Crippen molar-refractivity contribution in [3.05, 3.63) is 0 Å². The molecule has 0 aromatic carbocycles. The van der Waals surface area contributed by atoms with E-state index in [0.29, 0.717) is 6.54 Å². The standard InChI is InChI=1S/C19H36N4O2.HI/c1-16(17(24)25-3)14-21-18(20-2)22-15-19(10-6-4-7-11-19)23-12-8-5-9-13-23;/h16H,4-15H2,1-3H3,(H2,20,21,22);1H. The van der Waals surface area contributed by atoms with Crippen LogP contribution in [0.3, 0.4) is 0 Å². The van der Waals surface area contributed by atoms with Gasteiger partial charge in [0.1, 0.15) is 0 Å². The first kappa shape index (κ1) is 23.5. The van der Waals surface area contributed by atoms with Gasteiger partial charge in [0.15, 0.2) is 5.96 Å². The molecular weight excluding hydrogens is 443 g/mol. The van der Waals surface area contributed by atoms with Gasteiger partial charge in [-0.1, -0.05) is 32.6 Å². The number of methoxy groups -OCH3 is 1. The number of hydrogen-bond donors (Lipinski definition) is 2. The number of ether oxygens (including phenoxy) is 1. The van der Waals surface area contributed by atoms with Crippen molar-refractivity contribution in [2.45, 2.75) is 63.8 Å². The molecule has 1 saturated heterocycles. The lowest BCUT2D eigenvalue weighted by Crippen LogP contribution is -2.59. The van der Waals surface area contributed by atoms with Gasteiger partial charge in [-0.2, -0.15) is 0 Å². The summed E-state index contributed by atoms with van der Waals surface area (Å²) >= 11 is 0. The van der Waals surface area contributed by atoms with Crippen molar-refractivity contribution in [3.63, 3.8) is 0 Å². The van der Waals surface area contributed by atoms with Crippen LogP contribution in [0.5, 0.6) is 0 Å². The van der Waals surface area contributed by atoms with Crippen molar-refractivity contribution >= 4 is 35.9 Å². The highest BCUT2D eigenvalue weighted by Crippen LogP contribution is 2.35. The third kappa shape index (κ3) is 6.55. The molecule has 2 rings (SSSR count). The summed E-state index contributed by atoms with van der Waals surface area (Å²) in [6, 6.07) is 0. The Morgan fingerprint density at radius 1 is 1.12 bits per heavy atom. The monoisotopic (exact) mass is 480 g/mol. The minimum absolute atomic E-state index is 0. The van der Waals surface area contributed by atoms with Crippen LogP contribution in [0.15, 0.2) is 4.99 Å². The first-order chi connectivity index (χ1) is 12.1. The number of rotatable bonds is 6. The molecule has 152 valence electrons. The maximum Gasteiger partial charge on any atom is 0.310 e. The Morgan fingerprint density at radius 3 is 2.31 bits per heavy atom. The summed E-state index contributed by atoms with van der Waals surface area (Å²) in [5, 5.41) is 6.80. The molecule has 1 aliphatic heterocycles. The highest BCUT2D eigenvalue weighted by molar-refractivity contribution is 14.0. The maximum atomic E-state index is 11.5. The van der Waals surface area contributed by atoms with E-state index in [4.69, 9.17) is 4.74 Å². The number of guanidine groups is 1. The lowest BCUT2D eigenvalue weighted by Gasteiger charge is -2.48. The van der Waals surface area contributed by atoms with Gasteiger partial charge in [-0.3, -0.25) is 14.7 Å². The zero-order valence-corrected chi connectivity index (χ0v) is 19.0. The van der Waals surface area contributed by atoms with E-state index >= 15 is 0 Å². The number of likely N-dealkylation sites (tertiary alicyclic amines) is 1. The molecule has 2 aliphatic rings. The lowest BCUT2D eigenvalue weighted by atomic mass is 9.79. The van der Waals surface area contributed by atoms with E-state index in [2.05, 4.69) is 20.5 Å². The summed E-state index contributed by atoms with van der Waals surface area (Å²) in [6.45, 7) is 5.78. The first-order valence-electron chi connectivity index (χ1n) is 9.89. The number of nitrogens with one attached hydrogen (secondary N) is 2. The van der Waals surface area contributed by atoms with Crippen molar-refractivity contribution < 1.29 is 9.53 Å². The molecule has 0 radical (unpaired) electrons. The van der Waals surface area contributed by atoms with Crippen LogP contribution < -0.4 is 10.6 Å². The molecule has 2 fully saturated rings. The molecular formula is C19H37IN4O2. The van der Waals surface area contributed by atoms with Crippen molar-refractivity contribution in [2.75, 3.05) is 40.3 Å². The van der Waals surface area contributed by atoms with Gasteiger partial charge in [-0.25, -0.2) is 0 Å². The van der Waals surface area contributed by atoms with Gasteiger partial charge in [-0.05, 0) is 38.8 Å². The van der Waals surface area contributed by atoms with Crippen molar-refractivity contribution in [1.82, 2.24) is 15.5 Å². The van der Waals surface area contributed by atoms with Gasteiger partial charge in [0.05, 0.1) is 13.0 Å². The topological polar surface area (TPSA) is 66.0 Å². The Hall–Kier alpha value is -0.570. The van der Waals surface area contributed by atoms with Crippen molar-refractivity contribution in [1.29, 1.82) is 0 Å². The van der Waals surface area contributed by atoms with Crippen LogP contribution in [-0.4, -0.2) is 62.7 Å². The Bertz CT molecular complexity index is 447. The molecule has 1 heterocycles. The second kappa shape index (κ2) is 12.0. The molecule has 26 heavy (non-hydrogen) atoms. The first-order valence-corrected chi connectivity index (χ1v) is 9.89. The minimum Gasteiger partial charge on any atom is -0.469 e. The van der Waals surface area contributed by atoms with Gasteiger partial charge in [-0.15, -0.1) is 24.0 Å². The van der Waals surface area contributed by atoms with Crippen molar-refractivity contribution in [2.24, 2.45) is 10.9 Å². The minimum atomic E-state index is -0.194. The summed E-state index contributed by atoms with van der Waals surface area (Å²) in [4.78, 5) is 18.6. The maximum absolute atomic E-state index is 11.5. The smallest absolute Gasteiger partial charge is 0.310 e. The van der Waals surface area contributed by atoms with Crippen LogP contribution in [-0.2, 0) is 9.53 Å². The largest absolute Gasteiger partial charge is 0.469 e. The van der Waals surface area contributed by atoms with E-state index in [9.17, 15) is 4.79 Å². The number of aliphatic imine (C=N–C) groups is 1. The fraction of sp³-hybridized carbons (Fsp3) is 0.895. The predicted octanol–water partition coefficient (Wildman–Crippen LogP) is 2.77. The molecule has 1 unspecified atom stereocenters. The van der Waals surface area contributed by atoms with Crippen LogP contribution >= 0.6 is 24.0 Å². The molecule has 2 N–H and O–H groups in total. The Labute approximate surface area is 175 Å². The molecule has 0 bridgehead atoms. The van der Waals surface area contributed by atoms with E-state index in [-0.39, 0.29) is 41.4 Å². The SMILES string of the molecule is CN=C(NCC(C)C(=O)OC)NCC1(N2CCCCC2)CCCCC1.I. The highest BCUT2D eigenvalue weighted by atomic mass is 127. The number of hydrogen-bond acceptors (Lipinski definition) is 4. The summed E-state index contributed by atoms with van der Waals surface area (Å²) < 4.78 is 4.78. The highest BCUT2D eigenvalue weighted by Gasteiger charge is 2.38. The molecule has 0 aromatic rings. The summed E-state index contributed by atoms with van der Waals surface area (Å²) in [5.41, 5.74) is 0.268. The van der Waals surface area contributed by atoms with Gasteiger partial charge < -0.3 is 15.4 Å². The Balaban J connectivity index is 0.00000338. The average molecular weight is 480 g/mol. The lowest BCUT2D eigenvalue weighted by molar-refractivity contribution is -0.144. The number of carbonyl (C=O) groups is 1. The van der Waals surface area contributed by atoms with Gasteiger partial charge >= 0.3 is 5.97 Å². The zero-order valence-electron chi connectivity index (χ0n) is 16.7. The second-order valence-corrected chi connectivity index (χ2v) is 7.56. The molecule has 0 amide bonds. The molecule has 0 spiro atoms. The van der Waals surface area contributed by atoms with E-state index in [1.54, 1.807) is 7.05 Å². The normalized spacial score (nSPS) is 22.0. The summed E-state index contributed by atoms with van der Waals surface area (Å²) in [7, 11) is 3.21. The van der Waals surface area contributed by atoms with E-state index < -0.39 is 0 Å². The van der Waals surface area contributed by atoms with Crippen LogP contribution in [0.2, 0.25) is 0 Å². The quantitative estimate of drug-likeness (QED) is 0.265. The molecule has 6 nitrogen and oxygen atoms in total. The van der Waals surface area contributed by atoms with Gasteiger partial charge in [0.25, 0.3) is 0 Å². The van der Waals surface area contributed by atoms with E-state index in [1.807, 2.05) is 6.92 Å². The predicted molar refractivity (Wildman–Crippen MR) is 117 cm³/mol. The Kier molecular flexibility index (Phi) is 10.8. The fourth-order valence-electron chi connectivity index (χ4n) is 4.19. The Morgan fingerprint density at radius 2 is 1.73 bits per heavy atom. The number of carbonyl (C=O) groups excluding carboxylic acids is 1. The fourth-order valence-corrected chi connectivity index (χ4v) is 4.19. The van der Waals surface area contributed by atoms with Gasteiger partial charge in [0, 0.05) is 25.7 Å². The summed E-state index contributed by atoms with van der Waals surface area (Å²) in [5.74, 6) is 0.395. The molecule has 1 atom stereocenters. The number of esters is 1. The molecule has 1 saturated carbocycles. The van der Waals surface area contributed by atoms with Crippen LogP contribution in [0.4, 0.5) is 0 Å². The number of halogens is 1. The van der Waals surface area contributed by atoms with Crippen LogP contribution in [0.1, 0.15) is 58.3 Å². The number of piperidine rings is 1. The van der Waals surface area contributed by atoms with Crippen LogP contribution in [0.25, 0.3) is 0 Å². The molecule has 1 aliphatic carbocycles. The van der Waals surface area contributed by atoms with Gasteiger partial charge in [0.2, 0.25) is 0 Å². The molecule has 7 heteroatoms. The van der Waals surface area contributed by atoms with Crippen LogP contribution in [0, 0.1) is 5.92 Å². The molecule has 0 aromatic heterocycles. The van der Waals surface area contributed by atoms with E-state index in [0.717, 1.165) is 12.5 Å². The third-order valence-corrected chi connectivity index (χ3v) is 5.80. The summed E-state index contributed by atoms with van der Waals surface area (Å²) in [6.07, 6.45) is 10.6.